The van der Waals surface area contributed by atoms with Crippen LogP contribution in [0.1, 0.15) is 6.42 Å². The molecule has 0 aromatic heterocycles. The summed E-state index contributed by atoms with van der Waals surface area (Å²) in [6.07, 6.45) is 5.81. The quantitative estimate of drug-likeness (QED) is 0.477. The van der Waals surface area contributed by atoms with Gasteiger partial charge >= 0.3 is 0 Å². The van der Waals surface area contributed by atoms with Crippen LogP contribution in [-0.4, -0.2) is 18.5 Å². The summed E-state index contributed by atoms with van der Waals surface area (Å²) in [5.74, 6) is 1.62. The van der Waals surface area contributed by atoms with E-state index in [4.69, 9.17) is 4.74 Å². The Bertz CT molecular complexity index is 244. The van der Waals surface area contributed by atoms with E-state index in [2.05, 4.69) is 12.2 Å². The SMILES string of the molecule is O=C1COC2C3C=CC(C3)C12. The van der Waals surface area contributed by atoms with Gasteiger partial charge in [0.2, 0.25) is 0 Å². The molecule has 0 N–H and O–H groups in total. The standard InChI is InChI=1S/C9H10O2/c10-7-4-11-9-6-2-1-5(3-6)8(7)9/h1-2,5-6,8-9H,3-4H2. The molecule has 2 heteroatoms. The predicted octanol–water partition coefficient (Wildman–Crippen LogP) is 0.776. The van der Waals surface area contributed by atoms with Crippen LogP contribution >= 0.6 is 0 Å². The van der Waals surface area contributed by atoms with Crippen molar-refractivity contribution < 1.29 is 9.53 Å². The van der Waals surface area contributed by atoms with Gasteiger partial charge < -0.3 is 4.74 Å². The van der Waals surface area contributed by atoms with E-state index >= 15 is 0 Å². The molecular formula is C9H10O2. The maximum Gasteiger partial charge on any atom is 0.164 e. The van der Waals surface area contributed by atoms with E-state index in [-0.39, 0.29) is 12.0 Å². The van der Waals surface area contributed by atoms with Crippen LogP contribution in [0.25, 0.3) is 0 Å². The second-order valence-electron chi connectivity index (χ2n) is 3.72. The minimum absolute atomic E-state index is 0.227. The third-order valence-electron chi connectivity index (χ3n) is 3.18. The minimum Gasteiger partial charge on any atom is -0.369 e. The van der Waals surface area contributed by atoms with Crippen LogP contribution in [-0.2, 0) is 9.53 Å². The van der Waals surface area contributed by atoms with Crippen LogP contribution in [0.15, 0.2) is 12.2 Å². The number of carbonyl (C=O) groups excluding carboxylic acids is 1. The first-order valence-electron chi connectivity index (χ1n) is 4.19. The molecule has 1 heterocycles. The molecule has 4 unspecified atom stereocenters. The molecule has 11 heavy (non-hydrogen) atoms. The van der Waals surface area contributed by atoms with Crippen molar-refractivity contribution in [3.63, 3.8) is 0 Å². The average Bonchev–Trinajstić information content (AvgIpc) is 2.60. The number of hydrogen-bond acceptors (Lipinski definition) is 2. The maximum absolute atomic E-state index is 11.3. The lowest BCUT2D eigenvalue weighted by atomic mass is 9.90. The van der Waals surface area contributed by atoms with E-state index in [1.807, 2.05) is 0 Å². The topological polar surface area (TPSA) is 26.3 Å². The second-order valence-corrected chi connectivity index (χ2v) is 3.72. The summed E-state index contributed by atoms with van der Waals surface area (Å²) < 4.78 is 5.42. The van der Waals surface area contributed by atoms with Crippen molar-refractivity contribution in [3.05, 3.63) is 12.2 Å². The highest BCUT2D eigenvalue weighted by atomic mass is 16.5. The van der Waals surface area contributed by atoms with Gasteiger partial charge in [-0.2, -0.15) is 0 Å². The molecule has 2 nitrogen and oxygen atoms in total. The van der Waals surface area contributed by atoms with Crippen molar-refractivity contribution in [2.24, 2.45) is 17.8 Å². The Hall–Kier alpha value is -0.630. The number of fused-ring (bicyclic) bond motifs is 5. The van der Waals surface area contributed by atoms with Crippen LogP contribution in [0.4, 0.5) is 0 Å². The molecule has 4 atom stereocenters. The molecule has 3 aliphatic rings. The molecule has 3 rings (SSSR count). The Morgan fingerprint density at radius 1 is 1.36 bits per heavy atom. The monoisotopic (exact) mass is 150 g/mol. The summed E-state index contributed by atoms with van der Waals surface area (Å²) >= 11 is 0. The normalized spacial score (nSPS) is 52.2. The van der Waals surface area contributed by atoms with Gasteiger partial charge in [-0.1, -0.05) is 12.2 Å². The van der Waals surface area contributed by atoms with Crippen molar-refractivity contribution >= 4 is 5.78 Å². The number of rotatable bonds is 0. The first kappa shape index (κ1) is 5.95. The summed E-state index contributed by atoms with van der Waals surface area (Å²) in [4.78, 5) is 11.3. The maximum atomic E-state index is 11.3. The van der Waals surface area contributed by atoms with E-state index in [1.54, 1.807) is 0 Å². The third kappa shape index (κ3) is 0.590. The van der Waals surface area contributed by atoms with E-state index in [0.717, 1.165) is 6.42 Å². The molecule has 2 aliphatic carbocycles. The Labute approximate surface area is 65.2 Å². The third-order valence-corrected chi connectivity index (χ3v) is 3.18. The molecule has 1 saturated carbocycles. The molecule has 2 fully saturated rings. The van der Waals surface area contributed by atoms with E-state index in [0.29, 0.717) is 24.2 Å². The van der Waals surface area contributed by atoms with Crippen LogP contribution in [0.2, 0.25) is 0 Å². The summed E-state index contributed by atoms with van der Waals surface area (Å²) in [5, 5.41) is 0. The average molecular weight is 150 g/mol. The molecule has 0 aromatic rings. The number of hydrogen-bond donors (Lipinski definition) is 0. The number of carbonyl (C=O) groups is 1. The largest absolute Gasteiger partial charge is 0.369 e. The van der Waals surface area contributed by atoms with Gasteiger partial charge in [-0.3, -0.25) is 4.79 Å². The highest BCUT2D eigenvalue weighted by molar-refractivity contribution is 5.86. The fourth-order valence-electron chi connectivity index (χ4n) is 2.70. The molecule has 1 saturated heterocycles. The van der Waals surface area contributed by atoms with Gasteiger partial charge in [0.25, 0.3) is 0 Å². The van der Waals surface area contributed by atoms with Gasteiger partial charge in [-0.25, -0.2) is 0 Å². The molecule has 2 bridgehead atoms. The fourth-order valence-corrected chi connectivity index (χ4v) is 2.70. The smallest absolute Gasteiger partial charge is 0.164 e. The zero-order valence-corrected chi connectivity index (χ0v) is 6.19. The van der Waals surface area contributed by atoms with Crippen molar-refractivity contribution in [2.75, 3.05) is 6.61 Å². The van der Waals surface area contributed by atoms with Crippen molar-refractivity contribution in [1.29, 1.82) is 0 Å². The Morgan fingerprint density at radius 2 is 2.18 bits per heavy atom. The highest BCUT2D eigenvalue weighted by Crippen LogP contribution is 2.48. The molecule has 58 valence electrons. The van der Waals surface area contributed by atoms with Crippen molar-refractivity contribution in [3.8, 4) is 0 Å². The van der Waals surface area contributed by atoms with Crippen LogP contribution in [0, 0.1) is 17.8 Å². The first-order chi connectivity index (χ1) is 5.36. The predicted molar refractivity (Wildman–Crippen MR) is 39.0 cm³/mol. The lowest BCUT2D eigenvalue weighted by Crippen LogP contribution is -2.24. The molecule has 1 aliphatic heterocycles. The summed E-state index contributed by atoms with van der Waals surface area (Å²) in [7, 11) is 0. The summed E-state index contributed by atoms with van der Waals surface area (Å²) in [5.41, 5.74) is 0. The number of allylic oxidation sites excluding steroid dienone is 1. The van der Waals surface area contributed by atoms with Gasteiger partial charge in [-0.05, 0) is 12.3 Å². The van der Waals surface area contributed by atoms with Crippen LogP contribution in [0.5, 0.6) is 0 Å². The lowest BCUT2D eigenvalue weighted by Gasteiger charge is -2.16. The van der Waals surface area contributed by atoms with Gasteiger partial charge in [0.15, 0.2) is 5.78 Å². The Balaban J connectivity index is 2.03. The van der Waals surface area contributed by atoms with Gasteiger partial charge in [0.1, 0.15) is 6.61 Å². The molecule has 0 amide bonds. The number of Topliss-reactive ketones (excluding diaryl/α,β-unsaturated/α-hetero) is 1. The zero-order chi connectivity index (χ0) is 7.42. The van der Waals surface area contributed by atoms with E-state index < -0.39 is 0 Å². The van der Waals surface area contributed by atoms with Gasteiger partial charge in [0.05, 0.1) is 12.0 Å². The summed E-state index contributed by atoms with van der Waals surface area (Å²) in [6.45, 7) is 0.365. The fraction of sp³-hybridized carbons (Fsp3) is 0.667. The molecule has 0 radical (unpaired) electrons. The van der Waals surface area contributed by atoms with Crippen molar-refractivity contribution in [2.45, 2.75) is 12.5 Å². The molecule has 0 aromatic carbocycles. The lowest BCUT2D eigenvalue weighted by molar-refractivity contribution is -0.121. The van der Waals surface area contributed by atoms with Crippen LogP contribution in [0.3, 0.4) is 0 Å². The Kier molecular flexibility index (Phi) is 0.946. The molecule has 0 spiro atoms. The minimum atomic E-state index is 0.227. The van der Waals surface area contributed by atoms with Crippen molar-refractivity contribution in [1.82, 2.24) is 0 Å². The highest BCUT2D eigenvalue weighted by Gasteiger charge is 2.52. The van der Waals surface area contributed by atoms with Gasteiger partial charge in [-0.15, -0.1) is 0 Å². The second kappa shape index (κ2) is 1.75. The zero-order valence-electron chi connectivity index (χ0n) is 6.19. The number of ketones is 1. The van der Waals surface area contributed by atoms with E-state index in [1.165, 1.54) is 0 Å². The number of ether oxygens (including phenoxy) is 1. The van der Waals surface area contributed by atoms with Crippen LogP contribution < -0.4 is 0 Å². The van der Waals surface area contributed by atoms with Gasteiger partial charge in [0, 0.05) is 5.92 Å². The first-order valence-corrected chi connectivity index (χ1v) is 4.19. The molecular weight excluding hydrogens is 140 g/mol. The summed E-state index contributed by atoms with van der Waals surface area (Å²) in [6, 6.07) is 0. The Morgan fingerprint density at radius 3 is 3.00 bits per heavy atom. The van der Waals surface area contributed by atoms with E-state index in [9.17, 15) is 4.79 Å².